The van der Waals surface area contributed by atoms with Crippen molar-refractivity contribution >= 4 is 11.9 Å². The average Bonchev–Trinajstić information content (AvgIpc) is 2.94. The molecule has 0 rings (SSSR count). The lowest BCUT2D eigenvalue weighted by Gasteiger charge is -2.11. The third-order valence-electron chi connectivity index (χ3n) is 8.04. The lowest BCUT2D eigenvalue weighted by atomic mass is 9.97. The Bertz CT molecular complexity index is 571. The first-order valence-corrected chi connectivity index (χ1v) is 17.6. The predicted octanol–water partition coefficient (Wildman–Crippen LogP) is 11.7. The predicted molar refractivity (Wildman–Crippen MR) is 172 cm³/mol. The molecule has 0 spiro atoms. The zero-order valence-electron chi connectivity index (χ0n) is 26.9. The first kappa shape index (κ1) is 38.7. The summed E-state index contributed by atoms with van der Waals surface area (Å²) in [7, 11) is 0. The zero-order valence-corrected chi connectivity index (χ0v) is 26.9. The molecule has 40 heavy (non-hydrogen) atoms. The van der Waals surface area contributed by atoms with Crippen molar-refractivity contribution in [3.05, 3.63) is 12.2 Å². The molecule has 4 heteroatoms. The molecule has 0 bridgehead atoms. The van der Waals surface area contributed by atoms with Crippen LogP contribution in [-0.2, 0) is 14.3 Å². The van der Waals surface area contributed by atoms with Gasteiger partial charge in [-0.25, -0.2) is 0 Å². The first-order valence-electron chi connectivity index (χ1n) is 17.6. The Morgan fingerprint density at radius 3 is 1.30 bits per heavy atom. The fourth-order valence-electron chi connectivity index (χ4n) is 5.37. The molecule has 0 amide bonds. The van der Waals surface area contributed by atoms with Gasteiger partial charge in [-0.1, -0.05) is 161 Å². The minimum atomic E-state index is -0.874. The van der Waals surface area contributed by atoms with Gasteiger partial charge in [-0.2, -0.15) is 0 Å². The Labute approximate surface area is 249 Å². The molecule has 0 aliphatic heterocycles. The summed E-state index contributed by atoms with van der Waals surface area (Å²) in [6, 6.07) is 0. The number of hydrogen-bond donors (Lipinski definition) is 1. The summed E-state index contributed by atoms with van der Waals surface area (Å²) in [5, 5.41) is 9.33. The molecule has 0 heterocycles. The summed E-state index contributed by atoms with van der Waals surface area (Å²) in [5.41, 5.74) is 0. The van der Waals surface area contributed by atoms with Gasteiger partial charge in [-0.15, -0.1) is 0 Å². The lowest BCUT2D eigenvalue weighted by Crippen LogP contribution is -2.19. The fourth-order valence-corrected chi connectivity index (χ4v) is 5.37. The van der Waals surface area contributed by atoms with Crippen molar-refractivity contribution in [2.75, 3.05) is 6.61 Å². The number of hydrogen-bond acceptors (Lipinski definition) is 3. The molecule has 236 valence electrons. The zero-order chi connectivity index (χ0) is 29.4. The standard InChI is InChI=1S/C36H68O4/c1-3-5-6-7-8-9-10-11-12-13-14-15-16-17-18-19-20-21-22-23-24-25-26-27-28-29-30-31-34(36(38)39)33-35(37)40-32-4-2/h11-12,34H,3-10,13-33H2,1-2H3,(H,38,39)/b12-11+. The first-order chi connectivity index (χ1) is 19.6. The topological polar surface area (TPSA) is 63.6 Å². The number of allylic oxidation sites excluding steroid dienone is 2. The Morgan fingerprint density at radius 2 is 0.925 bits per heavy atom. The Kier molecular flexibility index (Phi) is 31.1. The number of esters is 1. The van der Waals surface area contributed by atoms with E-state index in [9.17, 15) is 14.7 Å². The van der Waals surface area contributed by atoms with Gasteiger partial charge in [0, 0.05) is 0 Å². The highest BCUT2D eigenvalue weighted by Gasteiger charge is 2.21. The molecule has 0 aliphatic rings. The highest BCUT2D eigenvalue weighted by Crippen LogP contribution is 2.18. The van der Waals surface area contributed by atoms with Gasteiger partial charge in [-0.05, 0) is 38.5 Å². The van der Waals surface area contributed by atoms with E-state index in [1.807, 2.05) is 6.92 Å². The van der Waals surface area contributed by atoms with E-state index in [0.29, 0.717) is 13.0 Å². The molecule has 0 saturated heterocycles. The molecule has 4 nitrogen and oxygen atoms in total. The maximum Gasteiger partial charge on any atom is 0.307 e. The van der Waals surface area contributed by atoms with Crippen LogP contribution in [0.5, 0.6) is 0 Å². The van der Waals surface area contributed by atoms with E-state index >= 15 is 0 Å². The molecular weight excluding hydrogens is 496 g/mol. The largest absolute Gasteiger partial charge is 0.481 e. The smallest absolute Gasteiger partial charge is 0.307 e. The molecule has 1 unspecified atom stereocenters. The van der Waals surface area contributed by atoms with Crippen molar-refractivity contribution in [1.82, 2.24) is 0 Å². The van der Waals surface area contributed by atoms with Gasteiger partial charge in [0.2, 0.25) is 0 Å². The van der Waals surface area contributed by atoms with E-state index in [2.05, 4.69) is 19.1 Å². The summed E-state index contributed by atoms with van der Waals surface area (Å²) < 4.78 is 5.03. The number of carboxylic acids is 1. The van der Waals surface area contributed by atoms with E-state index in [1.165, 1.54) is 148 Å². The number of carbonyl (C=O) groups excluding carboxylic acids is 1. The summed E-state index contributed by atoms with van der Waals surface area (Å²) in [4.78, 5) is 23.1. The minimum absolute atomic E-state index is 0.00676. The summed E-state index contributed by atoms with van der Waals surface area (Å²) >= 11 is 0. The Balaban J connectivity index is 3.30. The van der Waals surface area contributed by atoms with Gasteiger partial charge in [-0.3, -0.25) is 9.59 Å². The van der Waals surface area contributed by atoms with Crippen LogP contribution in [0.2, 0.25) is 0 Å². The summed E-state index contributed by atoms with van der Waals surface area (Å²) in [5.74, 6) is -1.85. The monoisotopic (exact) mass is 565 g/mol. The third kappa shape index (κ3) is 29.7. The number of unbranched alkanes of at least 4 members (excludes halogenated alkanes) is 23. The second-order valence-corrected chi connectivity index (χ2v) is 12.1. The maximum atomic E-state index is 11.7. The highest BCUT2D eigenvalue weighted by molar-refractivity contribution is 5.78. The van der Waals surface area contributed by atoms with Crippen molar-refractivity contribution in [3.8, 4) is 0 Å². The van der Waals surface area contributed by atoms with Gasteiger partial charge < -0.3 is 9.84 Å². The number of ether oxygens (including phenoxy) is 1. The van der Waals surface area contributed by atoms with E-state index in [4.69, 9.17) is 4.74 Å². The molecule has 0 aliphatic carbocycles. The molecule has 0 aromatic carbocycles. The Morgan fingerprint density at radius 1 is 0.550 bits per heavy atom. The van der Waals surface area contributed by atoms with Crippen LogP contribution in [0.3, 0.4) is 0 Å². The van der Waals surface area contributed by atoms with Crippen LogP contribution in [0.4, 0.5) is 0 Å². The summed E-state index contributed by atoms with van der Waals surface area (Å²) in [6.45, 7) is 4.59. The maximum absolute atomic E-state index is 11.7. The van der Waals surface area contributed by atoms with Crippen LogP contribution in [0.15, 0.2) is 12.2 Å². The number of carbonyl (C=O) groups is 2. The molecule has 1 N–H and O–H groups in total. The minimum Gasteiger partial charge on any atom is -0.481 e. The van der Waals surface area contributed by atoms with E-state index in [0.717, 1.165) is 19.3 Å². The van der Waals surface area contributed by atoms with Crippen molar-refractivity contribution in [3.63, 3.8) is 0 Å². The molecule has 0 fully saturated rings. The molecular formula is C36H68O4. The van der Waals surface area contributed by atoms with Crippen LogP contribution in [0, 0.1) is 5.92 Å². The highest BCUT2D eigenvalue weighted by atomic mass is 16.5. The Hall–Kier alpha value is -1.32. The van der Waals surface area contributed by atoms with Crippen LogP contribution < -0.4 is 0 Å². The SMILES string of the molecule is CCCCCCCC/C=C/CCCCCCCCCCCCCCCCCCCC(CC(=O)OCCC)C(=O)O. The van der Waals surface area contributed by atoms with E-state index in [-0.39, 0.29) is 12.4 Å². The molecule has 1 atom stereocenters. The average molecular weight is 565 g/mol. The van der Waals surface area contributed by atoms with Gasteiger partial charge in [0.15, 0.2) is 0 Å². The van der Waals surface area contributed by atoms with Crippen molar-refractivity contribution in [1.29, 1.82) is 0 Å². The van der Waals surface area contributed by atoms with Gasteiger partial charge in [0.1, 0.15) is 0 Å². The molecule has 0 radical (unpaired) electrons. The van der Waals surface area contributed by atoms with Crippen LogP contribution in [0.25, 0.3) is 0 Å². The summed E-state index contributed by atoms with van der Waals surface area (Å²) in [6.07, 6.45) is 39.5. The van der Waals surface area contributed by atoms with Gasteiger partial charge in [0.05, 0.1) is 18.9 Å². The number of aliphatic carboxylic acids is 1. The number of carboxylic acid groups (broad SMARTS) is 1. The van der Waals surface area contributed by atoms with Crippen molar-refractivity contribution in [2.45, 2.75) is 194 Å². The molecule has 0 aromatic rings. The van der Waals surface area contributed by atoms with Gasteiger partial charge >= 0.3 is 11.9 Å². The lowest BCUT2D eigenvalue weighted by molar-refractivity contribution is -0.151. The second-order valence-electron chi connectivity index (χ2n) is 12.1. The fraction of sp³-hybridized carbons (Fsp3) is 0.889. The van der Waals surface area contributed by atoms with Crippen LogP contribution in [-0.4, -0.2) is 23.7 Å². The van der Waals surface area contributed by atoms with E-state index in [1.54, 1.807) is 0 Å². The van der Waals surface area contributed by atoms with Crippen molar-refractivity contribution in [2.24, 2.45) is 5.92 Å². The van der Waals surface area contributed by atoms with Crippen LogP contribution >= 0.6 is 0 Å². The van der Waals surface area contributed by atoms with Crippen molar-refractivity contribution < 1.29 is 19.4 Å². The van der Waals surface area contributed by atoms with Gasteiger partial charge in [0.25, 0.3) is 0 Å². The third-order valence-corrected chi connectivity index (χ3v) is 8.04. The van der Waals surface area contributed by atoms with E-state index < -0.39 is 11.9 Å². The molecule has 0 aromatic heterocycles. The van der Waals surface area contributed by atoms with Crippen LogP contribution in [0.1, 0.15) is 194 Å². The normalized spacial score (nSPS) is 12.2. The quantitative estimate of drug-likeness (QED) is 0.0501. The second kappa shape index (κ2) is 32.2. The number of rotatable bonds is 32. The molecule has 0 saturated carbocycles.